The molecule has 0 unspecified atom stereocenters. The van der Waals surface area contributed by atoms with Crippen LogP contribution in [-0.4, -0.2) is 50.5 Å². The summed E-state index contributed by atoms with van der Waals surface area (Å²) in [6.45, 7) is 8.86. The van der Waals surface area contributed by atoms with Gasteiger partial charge in [-0.1, -0.05) is 6.07 Å². The van der Waals surface area contributed by atoms with E-state index in [0.717, 1.165) is 37.6 Å². The number of benzene rings is 2. The first-order chi connectivity index (χ1) is 12.5. The molecular weight excluding hydrogens is 331 g/mol. The van der Waals surface area contributed by atoms with Gasteiger partial charge in [0.15, 0.2) is 0 Å². The molecule has 4 nitrogen and oxygen atoms in total. The lowest BCUT2D eigenvalue weighted by molar-refractivity contribution is -0.903. The topological polar surface area (TPSA) is 37.1 Å². The summed E-state index contributed by atoms with van der Waals surface area (Å²) in [6.07, 6.45) is -0.482. The maximum atomic E-state index is 13.0. The summed E-state index contributed by atoms with van der Waals surface area (Å²) >= 11 is 0. The smallest absolute Gasteiger partial charge is 0.137 e. The highest BCUT2D eigenvalue weighted by Gasteiger charge is 2.22. The third-order valence-corrected chi connectivity index (χ3v) is 5.11. The standard InChI is InChI=1S/C21H27FN2O2/c1-16-3-8-21(13-17(16)2)26-15-20(25)14-23-9-11-24(12-10-23)19-6-4-18(22)5-7-19/h3-8,13,20,25H,9-12,14-15H2,1-2H3/p+1/t20-/m1/s1. The number of hydrogen-bond acceptors (Lipinski definition) is 3. The Morgan fingerprint density at radius 1 is 1.08 bits per heavy atom. The highest BCUT2D eigenvalue weighted by molar-refractivity contribution is 5.46. The van der Waals surface area contributed by atoms with Crippen molar-refractivity contribution in [2.75, 3.05) is 44.2 Å². The fraction of sp³-hybridized carbons (Fsp3) is 0.429. The second-order valence-corrected chi connectivity index (χ2v) is 7.13. The molecule has 140 valence electrons. The van der Waals surface area contributed by atoms with Gasteiger partial charge in [-0.3, -0.25) is 0 Å². The van der Waals surface area contributed by atoms with Crippen molar-refractivity contribution in [3.05, 3.63) is 59.4 Å². The molecule has 26 heavy (non-hydrogen) atoms. The second kappa shape index (κ2) is 8.52. The Hall–Kier alpha value is -2.11. The number of hydrogen-bond donors (Lipinski definition) is 2. The number of aliphatic hydroxyl groups is 1. The Balaban J connectivity index is 1.42. The van der Waals surface area contributed by atoms with Gasteiger partial charge in [0, 0.05) is 5.69 Å². The molecule has 2 aromatic rings. The normalized spacial score (nSPS) is 16.5. The second-order valence-electron chi connectivity index (χ2n) is 7.13. The van der Waals surface area contributed by atoms with Gasteiger partial charge in [0.2, 0.25) is 0 Å². The summed E-state index contributed by atoms with van der Waals surface area (Å²) in [4.78, 5) is 3.64. The lowest BCUT2D eigenvalue weighted by atomic mass is 10.1. The summed E-state index contributed by atoms with van der Waals surface area (Å²) in [5, 5.41) is 10.3. The molecule has 1 fully saturated rings. The number of rotatable bonds is 6. The number of piperazine rings is 1. The van der Waals surface area contributed by atoms with Gasteiger partial charge in [-0.25, -0.2) is 4.39 Å². The first kappa shape index (κ1) is 18.7. The van der Waals surface area contributed by atoms with E-state index >= 15 is 0 Å². The van der Waals surface area contributed by atoms with Crippen LogP contribution in [0.3, 0.4) is 0 Å². The molecule has 1 aliphatic heterocycles. The number of halogens is 1. The van der Waals surface area contributed by atoms with Gasteiger partial charge in [-0.05, 0) is 61.4 Å². The summed E-state index contributed by atoms with van der Waals surface area (Å²) in [6, 6.07) is 12.7. The van der Waals surface area contributed by atoms with Crippen molar-refractivity contribution in [1.82, 2.24) is 0 Å². The number of nitrogens with one attached hydrogen (secondary N) is 1. The zero-order chi connectivity index (χ0) is 18.5. The van der Waals surface area contributed by atoms with Gasteiger partial charge in [-0.15, -0.1) is 0 Å². The van der Waals surface area contributed by atoms with Crippen molar-refractivity contribution >= 4 is 5.69 Å². The monoisotopic (exact) mass is 359 g/mol. The molecule has 5 heteroatoms. The predicted octanol–water partition coefficient (Wildman–Crippen LogP) is 1.59. The summed E-state index contributed by atoms with van der Waals surface area (Å²) in [5.41, 5.74) is 3.49. The molecule has 2 aromatic carbocycles. The zero-order valence-electron chi connectivity index (χ0n) is 15.5. The lowest BCUT2D eigenvalue weighted by Gasteiger charge is -2.34. The Labute approximate surface area is 154 Å². The molecule has 0 saturated carbocycles. The fourth-order valence-electron chi connectivity index (χ4n) is 3.33. The molecule has 0 bridgehead atoms. The Kier molecular flexibility index (Phi) is 6.12. The van der Waals surface area contributed by atoms with Gasteiger partial charge in [0.05, 0.1) is 26.2 Å². The van der Waals surface area contributed by atoms with Crippen LogP contribution in [0.15, 0.2) is 42.5 Å². The van der Waals surface area contributed by atoms with Gasteiger partial charge >= 0.3 is 0 Å². The minimum atomic E-state index is -0.482. The van der Waals surface area contributed by atoms with E-state index in [9.17, 15) is 9.50 Å². The van der Waals surface area contributed by atoms with E-state index < -0.39 is 6.10 Å². The Bertz CT molecular complexity index is 712. The van der Waals surface area contributed by atoms with Gasteiger partial charge in [-0.2, -0.15) is 0 Å². The largest absolute Gasteiger partial charge is 0.491 e. The van der Waals surface area contributed by atoms with Gasteiger partial charge in [0.1, 0.15) is 30.8 Å². The van der Waals surface area contributed by atoms with Crippen LogP contribution in [0.2, 0.25) is 0 Å². The summed E-state index contributed by atoms with van der Waals surface area (Å²) in [5.74, 6) is 0.605. The molecule has 3 rings (SSSR count). The molecule has 0 aromatic heterocycles. The van der Waals surface area contributed by atoms with E-state index in [1.165, 1.54) is 28.2 Å². The first-order valence-corrected chi connectivity index (χ1v) is 9.23. The predicted molar refractivity (Wildman–Crippen MR) is 102 cm³/mol. The molecule has 1 atom stereocenters. The van der Waals surface area contributed by atoms with Crippen molar-refractivity contribution in [3.63, 3.8) is 0 Å². The number of aliphatic hydroxyl groups excluding tert-OH is 1. The molecular formula is C21H28FN2O2+. The van der Waals surface area contributed by atoms with Crippen molar-refractivity contribution in [3.8, 4) is 5.75 Å². The van der Waals surface area contributed by atoms with Crippen molar-refractivity contribution in [2.24, 2.45) is 0 Å². The number of anilines is 1. The third-order valence-electron chi connectivity index (χ3n) is 5.11. The maximum absolute atomic E-state index is 13.0. The van der Waals surface area contributed by atoms with Crippen LogP contribution in [0.5, 0.6) is 5.75 Å². The van der Waals surface area contributed by atoms with Crippen LogP contribution in [-0.2, 0) is 0 Å². The minimum Gasteiger partial charge on any atom is -0.491 e. The molecule has 1 aliphatic rings. The van der Waals surface area contributed by atoms with E-state index in [1.807, 2.05) is 30.3 Å². The molecule has 0 aliphatic carbocycles. The van der Waals surface area contributed by atoms with Crippen LogP contribution in [0.4, 0.5) is 10.1 Å². The molecule has 1 saturated heterocycles. The van der Waals surface area contributed by atoms with Crippen LogP contribution < -0.4 is 14.5 Å². The van der Waals surface area contributed by atoms with Crippen LogP contribution in [0, 0.1) is 19.7 Å². The molecule has 0 spiro atoms. The van der Waals surface area contributed by atoms with E-state index in [0.29, 0.717) is 13.2 Å². The highest BCUT2D eigenvalue weighted by Crippen LogP contribution is 2.16. The van der Waals surface area contributed by atoms with E-state index in [1.54, 1.807) is 0 Å². The lowest BCUT2D eigenvalue weighted by Crippen LogP contribution is -3.16. The summed E-state index contributed by atoms with van der Waals surface area (Å²) in [7, 11) is 0. The zero-order valence-corrected chi connectivity index (χ0v) is 15.5. The van der Waals surface area contributed by atoms with Crippen molar-refractivity contribution in [2.45, 2.75) is 20.0 Å². The van der Waals surface area contributed by atoms with Crippen LogP contribution >= 0.6 is 0 Å². The van der Waals surface area contributed by atoms with Gasteiger partial charge in [0.25, 0.3) is 0 Å². The molecule has 0 amide bonds. The third kappa shape index (κ3) is 4.96. The molecule has 0 radical (unpaired) electrons. The average Bonchev–Trinajstić information content (AvgIpc) is 2.64. The van der Waals surface area contributed by atoms with Crippen molar-refractivity contribution in [1.29, 1.82) is 0 Å². The number of quaternary nitrogens is 1. The van der Waals surface area contributed by atoms with E-state index in [-0.39, 0.29) is 5.82 Å². The fourth-order valence-corrected chi connectivity index (χ4v) is 3.33. The number of nitrogens with zero attached hydrogens (tertiary/aromatic N) is 1. The highest BCUT2D eigenvalue weighted by atomic mass is 19.1. The average molecular weight is 359 g/mol. The number of ether oxygens (including phenoxy) is 1. The quantitative estimate of drug-likeness (QED) is 0.823. The van der Waals surface area contributed by atoms with Crippen LogP contribution in [0.1, 0.15) is 11.1 Å². The van der Waals surface area contributed by atoms with Crippen molar-refractivity contribution < 1.29 is 19.1 Å². The SMILES string of the molecule is Cc1ccc(OC[C@H](O)C[NH+]2CCN(c3ccc(F)cc3)CC2)cc1C. The van der Waals surface area contributed by atoms with Crippen LogP contribution in [0.25, 0.3) is 0 Å². The Morgan fingerprint density at radius 3 is 2.42 bits per heavy atom. The minimum absolute atomic E-state index is 0.204. The molecule has 1 heterocycles. The Morgan fingerprint density at radius 2 is 1.77 bits per heavy atom. The maximum Gasteiger partial charge on any atom is 0.137 e. The van der Waals surface area contributed by atoms with Gasteiger partial charge < -0.3 is 19.6 Å². The summed E-state index contributed by atoms with van der Waals surface area (Å²) < 4.78 is 18.8. The van der Waals surface area contributed by atoms with E-state index in [2.05, 4.69) is 18.7 Å². The first-order valence-electron chi connectivity index (χ1n) is 9.23. The number of aryl methyl sites for hydroxylation is 2. The molecule has 2 N–H and O–H groups in total. The van der Waals surface area contributed by atoms with E-state index in [4.69, 9.17) is 4.74 Å².